The minimum atomic E-state index is -1.34. The molecule has 5 rings (SSSR count). The van der Waals surface area contributed by atoms with Crippen molar-refractivity contribution in [2.75, 3.05) is 33.2 Å². The number of nitrogens with zero attached hydrogens (tertiary/aromatic N) is 4. The summed E-state index contributed by atoms with van der Waals surface area (Å²) in [6.07, 6.45) is 0. The van der Waals surface area contributed by atoms with Crippen LogP contribution >= 0.6 is 0 Å². The Kier molecular flexibility index (Phi) is 8.34. The fraction of sp³-hybridized carbons (Fsp3) is 0.400. The zero-order valence-electron chi connectivity index (χ0n) is 25.7. The van der Waals surface area contributed by atoms with Crippen LogP contribution in [0.25, 0.3) is 0 Å². The first kappa shape index (κ1) is 30.3. The molecule has 2 heterocycles. The van der Waals surface area contributed by atoms with Crippen molar-refractivity contribution in [3.8, 4) is 0 Å². The third-order valence-corrected chi connectivity index (χ3v) is 9.62. The van der Waals surface area contributed by atoms with Crippen molar-refractivity contribution in [3.05, 3.63) is 108 Å². The molecule has 8 nitrogen and oxygen atoms in total. The fourth-order valence-electron chi connectivity index (χ4n) is 6.60. The molecule has 43 heavy (non-hydrogen) atoms. The molecule has 0 bridgehead atoms. The number of urea groups is 1. The van der Waals surface area contributed by atoms with E-state index in [1.54, 1.807) is 32.7 Å². The van der Waals surface area contributed by atoms with Crippen LogP contribution in [0.2, 0.25) is 0 Å². The van der Waals surface area contributed by atoms with E-state index in [2.05, 4.69) is 41.3 Å². The Bertz CT molecular complexity index is 1350. The molecule has 0 spiro atoms. The molecule has 3 unspecified atom stereocenters. The molecule has 226 valence electrons. The summed E-state index contributed by atoms with van der Waals surface area (Å²) >= 11 is 0. The van der Waals surface area contributed by atoms with E-state index in [1.165, 1.54) is 4.90 Å². The number of hydrogen-bond donors (Lipinski definition) is 1. The van der Waals surface area contributed by atoms with Crippen LogP contribution in [0.1, 0.15) is 44.4 Å². The monoisotopic (exact) mass is 582 g/mol. The molecular weight excluding hydrogens is 540 g/mol. The van der Waals surface area contributed by atoms with Gasteiger partial charge in [-0.15, -0.1) is 0 Å². The molecule has 0 saturated carbocycles. The summed E-state index contributed by atoms with van der Waals surface area (Å²) < 4.78 is 0. The number of amides is 3. The molecule has 4 atom stereocenters. The van der Waals surface area contributed by atoms with Gasteiger partial charge in [0, 0.05) is 39.3 Å². The first-order chi connectivity index (χ1) is 20.5. The largest absolute Gasteiger partial charge is 0.479 e. The Labute approximate surface area is 254 Å². The Balaban J connectivity index is 1.40. The molecular formula is C35H42N4O4. The number of carbonyl (C=O) groups excluding carboxylic acids is 2. The summed E-state index contributed by atoms with van der Waals surface area (Å²) in [5.41, 5.74) is 1.31. The lowest BCUT2D eigenvalue weighted by atomic mass is 9.76. The summed E-state index contributed by atoms with van der Waals surface area (Å²) in [5.74, 6) is -1.26. The average Bonchev–Trinajstić information content (AvgIpc) is 3.82. The van der Waals surface area contributed by atoms with E-state index in [4.69, 9.17) is 0 Å². The van der Waals surface area contributed by atoms with Gasteiger partial charge in [-0.05, 0) is 36.5 Å². The predicted molar refractivity (Wildman–Crippen MR) is 166 cm³/mol. The van der Waals surface area contributed by atoms with E-state index in [-0.39, 0.29) is 29.9 Å². The topological polar surface area (TPSA) is 84.2 Å². The van der Waals surface area contributed by atoms with Crippen LogP contribution < -0.4 is 0 Å². The number of likely N-dealkylation sites (N-methyl/N-ethyl adjacent to an activating group) is 1. The van der Waals surface area contributed by atoms with Crippen molar-refractivity contribution in [1.82, 2.24) is 19.6 Å². The van der Waals surface area contributed by atoms with Crippen LogP contribution in [0.4, 0.5) is 4.79 Å². The Morgan fingerprint density at radius 1 is 0.814 bits per heavy atom. The minimum Gasteiger partial charge on any atom is -0.479 e. The van der Waals surface area contributed by atoms with Gasteiger partial charge < -0.3 is 19.8 Å². The normalized spacial score (nSPS) is 21.7. The van der Waals surface area contributed by atoms with Crippen molar-refractivity contribution >= 4 is 17.9 Å². The zero-order valence-corrected chi connectivity index (χ0v) is 25.7. The summed E-state index contributed by atoms with van der Waals surface area (Å²) in [6.45, 7) is 8.85. The van der Waals surface area contributed by atoms with Crippen molar-refractivity contribution in [2.45, 2.75) is 50.9 Å². The second kappa shape index (κ2) is 11.8. The van der Waals surface area contributed by atoms with E-state index < -0.39 is 17.0 Å². The van der Waals surface area contributed by atoms with Crippen molar-refractivity contribution in [1.29, 1.82) is 0 Å². The number of piperazine rings is 1. The van der Waals surface area contributed by atoms with Gasteiger partial charge in [0.1, 0.15) is 11.6 Å². The SMILES string of the molecule is CC(C)C(C)(C(=O)O)N(C)C(=O)N1CCN(C(=O)C2CN2C(c2ccccc2)(c2ccccc2)c2ccccc2)[C@@H](C)C1. The summed E-state index contributed by atoms with van der Waals surface area (Å²) in [6, 6.07) is 30.2. The highest BCUT2D eigenvalue weighted by molar-refractivity contribution is 5.88. The average molecular weight is 583 g/mol. The van der Waals surface area contributed by atoms with Crippen molar-refractivity contribution < 1.29 is 19.5 Å². The molecule has 3 aromatic carbocycles. The maximum atomic E-state index is 14.2. The molecule has 0 radical (unpaired) electrons. The lowest BCUT2D eigenvalue weighted by molar-refractivity contribution is -0.151. The van der Waals surface area contributed by atoms with Crippen LogP contribution in [0.3, 0.4) is 0 Å². The molecule has 8 heteroatoms. The molecule has 0 aliphatic carbocycles. The lowest BCUT2D eigenvalue weighted by Crippen LogP contribution is -2.63. The highest BCUT2D eigenvalue weighted by atomic mass is 16.4. The van der Waals surface area contributed by atoms with Gasteiger partial charge in [-0.3, -0.25) is 9.69 Å². The summed E-state index contributed by atoms with van der Waals surface area (Å²) in [7, 11) is 1.55. The maximum absolute atomic E-state index is 14.2. The molecule has 2 aliphatic rings. The van der Waals surface area contributed by atoms with Gasteiger partial charge in [0.25, 0.3) is 0 Å². The minimum absolute atomic E-state index is 0.0534. The van der Waals surface area contributed by atoms with Gasteiger partial charge in [0.2, 0.25) is 5.91 Å². The van der Waals surface area contributed by atoms with Crippen LogP contribution in [-0.2, 0) is 15.1 Å². The van der Waals surface area contributed by atoms with Crippen LogP contribution in [-0.4, -0.2) is 93.5 Å². The Morgan fingerprint density at radius 2 is 1.28 bits per heavy atom. The van der Waals surface area contributed by atoms with E-state index in [0.717, 1.165) is 16.7 Å². The second-order valence-electron chi connectivity index (χ2n) is 12.3. The standard InChI is InChI=1S/C35H42N4O4/c1-25(2)34(4,32(41)42)36(5)33(43)37-21-22-38(26(3)23-37)31(40)30-24-39(30)35(27-15-9-6-10-16-27,28-17-11-7-12-18-28)29-19-13-8-14-20-29/h6-20,25-26,30H,21-24H2,1-5H3,(H,41,42)/t26-,30?,34?,39?/m0/s1. The predicted octanol–water partition coefficient (Wildman–Crippen LogP) is 4.75. The molecule has 2 fully saturated rings. The van der Waals surface area contributed by atoms with Crippen molar-refractivity contribution in [3.63, 3.8) is 0 Å². The highest BCUT2D eigenvalue weighted by Crippen LogP contribution is 2.48. The van der Waals surface area contributed by atoms with Gasteiger partial charge in [-0.2, -0.15) is 0 Å². The van der Waals surface area contributed by atoms with Crippen molar-refractivity contribution in [2.24, 2.45) is 5.92 Å². The Morgan fingerprint density at radius 3 is 1.67 bits per heavy atom. The molecule has 3 aromatic rings. The fourth-order valence-corrected chi connectivity index (χ4v) is 6.60. The first-order valence-electron chi connectivity index (χ1n) is 15.0. The quantitative estimate of drug-likeness (QED) is 0.306. The molecule has 1 N–H and O–H groups in total. The van der Waals surface area contributed by atoms with E-state index in [1.807, 2.05) is 66.4 Å². The summed E-state index contributed by atoms with van der Waals surface area (Å²) in [5, 5.41) is 9.92. The number of hydrogen-bond acceptors (Lipinski definition) is 4. The third-order valence-electron chi connectivity index (χ3n) is 9.62. The van der Waals surface area contributed by atoms with Gasteiger partial charge in [-0.1, -0.05) is 105 Å². The smallest absolute Gasteiger partial charge is 0.329 e. The van der Waals surface area contributed by atoms with E-state index >= 15 is 0 Å². The van der Waals surface area contributed by atoms with Gasteiger partial charge in [0.15, 0.2) is 0 Å². The van der Waals surface area contributed by atoms with E-state index in [9.17, 15) is 19.5 Å². The number of aliphatic carboxylic acids is 1. The zero-order chi connectivity index (χ0) is 30.9. The van der Waals surface area contributed by atoms with Crippen LogP contribution in [0, 0.1) is 5.92 Å². The number of benzene rings is 3. The number of carboxylic acid groups (broad SMARTS) is 1. The second-order valence-corrected chi connectivity index (χ2v) is 12.3. The maximum Gasteiger partial charge on any atom is 0.329 e. The number of rotatable bonds is 8. The number of carbonyl (C=O) groups is 3. The van der Waals surface area contributed by atoms with Crippen LogP contribution in [0.15, 0.2) is 91.0 Å². The highest BCUT2D eigenvalue weighted by Gasteiger charge is 2.57. The molecule has 2 aliphatic heterocycles. The molecule has 0 aromatic heterocycles. The first-order valence-corrected chi connectivity index (χ1v) is 15.0. The third kappa shape index (κ3) is 5.18. The molecule has 3 amide bonds. The van der Waals surface area contributed by atoms with Gasteiger partial charge in [-0.25, -0.2) is 9.59 Å². The van der Waals surface area contributed by atoms with Gasteiger partial charge in [0.05, 0.1) is 5.54 Å². The molecule has 2 saturated heterocycles. The van der Waals surface area contributed by atoms with Crippen LogP contribution in [0.5, 0.6) is 0 Å². The summed E-state index contributed by atoms with van der Waals surface area (Å²) in [4.78, 5) is 46.9. The van der Waals surface area contributed by atoms with Gasteiger partial charge >= 0.3 is 12.0 Å². The number of carboxylic acids is 1. The van der Waals surface area contributed by atoms with E-state index in [0.29, 0.717) is 26.2 Å². The lowest BCUT2D eigenvalue weighted by Gasteiger charge is -2.45. The Hall–Kier alpha value is -4.17.